The summed E-state index contributed by atoms with van der Waals surface area (Å²) in [6.07, 6.45) is -0.0718. The van der Waals surface area contributed by atoms with Gasteiger partial charge in [0.15, 0.2) is 0 Å². The molecule has 0 aliphatic heterocycles. The van der Waals surface area contributed by atoms with Crippen LogP contribution in [0, 0.1) is 0 Å². The molecule has 4 heteroatoms. The van der Waals surface area contributed by atoms with Crippen LogP contribution in [0.1, 0.15) is 13.8 Å². The Hall–Kier alpha value is -0.0900. The van der Waals surface area contributed by atoms with Gasteiger partial charge in [0.25, 0.3) is 0 Å². The Balaban J connectivity index is 0. The number of esters is 1. The molecule has 0 amide bonds. The van der Waals surface area contributed by atoms with Crippen molar-refractivity contribution in [3.63, 3.8) is 0 Å². The number of hydrogen-bond donors (Lipinski definition) is 0. The molecule has 0 rings (SSSR count). The number of halogens is 1. The van der Waals surface area contributed by atoms with Crippen LogP contribution in [0.5, 0.6) is 0 Å². The fraction of sp³-hybridized carbons (Fsp3) is 0.857. The first-order valence-corrected chi connectivity index (χ1v) is 3.32. The number of rotatable bonds is 2. The van der Waals surface area contributed by atoms with Crippen LogP contribution in [0.4, 0.5) is 0 Å². The maximum absolute atomic E-state index is 10.5. The highest BCUT2D eigenvalue weighted by molar-refractivity contribution is 5.65. The smallest absolute Gasteiger partial charge is 0.307 e. The summed E-state index contributed by atoms with van der Waals surface area (Å²) in [7, 11) is 5.94. The summed E-state index contributed by atoms with van der Waals surface area (Å²) in [5, 5.41) is 0. The lowest BCUT2D eigenvalue weighted by molar-refractivity contribution is -0.914. The third kappa shape index (κ3) is 6.31. The minimum absolute atomic E-state index is 0. The molecule has 0 radical (unpaired) electrons. The van der Waals surface area contributed by atoms with E-state index < -0.39 is 0 Å². The zero-order valence-corrected chi connectivity index (χ0v) is 9.31. The Morgan fingerprint density at radius 2 is 1.73 bits per heavy atom. The molecule has 0 spiro atoms. The summed E-state index contributed by atoms with van der Waals surface area (Å²) < 4.78 is 5.59. The molecule has 0 aliphatic carbocycles. The van der Waals surface area contributed by atoms with Crippen LogP contribution in [-0.4, -0.2) is 37.8 Å². The number of carbonyl (C=O) groups excluding carboxylic acids is 1. The van der Waals surface area contributed by atoms with Crippen LogP contribution < -0.4 is 17.0 Å². The molecule has 0 aromatic rings. The predicted octanol–water partition coefficient (Wildman–Crippen LogP) is -2.39. The van der Waals surface area contributed by atoms with Gasteiger partial charge in [-0.05, 0) is 0 Å². The van der Waals surface area contributed by atoms with Crippen LogP contribution in [0.2, 0.25) is 0 Å². The maximum atomic E-state index is 10.5. The highest BCUT2D eigenvalue weighted by Gasteiger charge is 2.20. The molecule has 0 N–H and O–H groups in total. The van der Waals surface area contributed by atoms with Crippen LogP contribution in [0.3, 0.4) is 0 Å². The molecule has 68 valence electrons. The Kier molecular flexibility index (Phi) is 5.79. The SMILES string of the molecule is CC(=O)OC(C)[N+](C)(C)C.[Br-]. The van der Waals surface area contributed by atoms with Crippen LogP contribution in [-0.2, 0) is 9.53 Å². The normalized spacial score (nSPS) is 13.2. The summed E-state index contributed by atoms with van der Waals surface area (Å²) >= 11 is 0. The highest BCUT2D eigenvalue weighted by atomic mass is 79.9. The quantitative estimate of drug-likeness (QED) is 0.298. The molecule has 0 saturated carbocycles. The Morgan fingerprint density at radius 3 is 1.82 bits per heavy atom. The number of carbonyl (C=O) groups is 1. The van der Waals surface area contributed by atoms with Gasteiger partial charge in [-0.1, -0.05) is 0 Å². The van der Waals surface area contributed by atoms with E-state index in [9.17, 15) is 4.79 Å². The molecule has 1 unspecified atom stereocenters. The first kappa shape index (κ1) is 13.5. The van der Waals surface area contributed by atoms with Gasteiger partial charge < -0.3 is 21.7 Å². The maximum Gasteiger partial charge on any atom is 0.307 e. The lowest BCUT2D eigenvalue weighted by Crippen LogP contribution is -3.00. The monoisotopic (exact) mass is 225 g/mol. The second-order valence-corrected chi connectivity index (χ2v) is 3.32. The first-order valence-electron chi connectivity index (χ1n) is 3.32. The number of nitrogens with zero attached hydrogens (tertiary/aromatic N) is 1. The molecule has 0 heterocycles. The summed E-state index contributed by atoms with van der Waals surface area (Å²) in [6.45, 7) is 3.30. The molecule has 1 atom stereocenters. The molecule has 0 aliphatic rings. The van der Waals surface area contributed by atoms with Crippen molar-refractivity contribution in [2.75, 3.05) is 21.1 Å². The summed E-state index contributed by atoms with van der Waals surface area (Å²) in [4.78, 5) is 10.5. The van der Waals surface area contributed by atoms with Gasteiger partial charge in [-0.3, -0.25) is 9.28 Å². The van der Waals surface area contributed by atoms with Gasteiger partial charge in [0.05, 0.1) is 21.1 Å². The number of ether oxygens (including phenoxy) is 1. The molecular formula is C7H16BrNO2. The van der Waals surface area contributed by atoms with Gasteiger partial charge >= 0.3 is 5.97 Å². The van der Waals surface area contributed by atoms with Gasteiger partial charge in [0.2, 0.25) is 6.23 Å². The molecule has 3 nitrogen and oxygen atoms in total. The summed E-state index contributed by atoms with van der Waals surface area (Å²) in [6, 6.07) is 0. The lowest BCUT2D eigenvalue weighted by Gasteiger charge is -2.29. The predicted molar refractivity (Wildman–Crippen MR) is 39.3 cm³/mol. The second kappa shape index (κ2) is 4.72. The first-order chi connectivity index (χ1) is 4.34. The molecule has 0 aromatic carbocycles. The highest BCUT2D eigenvalue weighted by Crippen LogP contribution is 2.02. The van der Waals surface area contributed by atoms with Crippen molar-refractivity contribution in [3.05, 3.63) is 0 Å². The molecule has 0 aromatic heterocycles. The van der Waals surface area contributed by atoms with Gasteiger partial charge in [-0.2, -0.15) is 0 Å². The average Bonchev–Trinajstić information content (AvgIpc) is 1.60. The van der Waals surface area contributed by atoms with Crippen molar-refractivity contribution in [1.29, 1.82) is 0 Å². The van der Waals surface area contributed by atoms with Crippen LogP contribution in [0.15, 0.2) is 0 Å². The van der Waals surface area contributed by atoms with E-state index in [1.807, 2.05) is 28.1 Å². The molecule has 0 fully saturated rings. The number of hydrogen-bond acceptors (Lipinski definition) is 2. The Labute approximate surface area is 78.7 Å². The van der Waals surface area contributed by atoms with Crippen molar-refractivity contribution >= 4 is 5.97 Å². The second-order valence-electron chi connectivity index (χ2n) is 3.32. The molecule has 0 bridgehead atoms. The molecular weight excluding hydrogens is 210 g/mol. The van der Waals surface area contributed by atoms with Gasteiger partial charge in [-0.15, -0.1) is 0 Å². The third-order valence-corrected chi connectivity index (χ3v) is 1.43. The van der Waals surface area contributed by atoms with Gasteiger partial charge in [0, 0.05) is 13.8 Å². The van der Waals surface area contributed by atoms with Crippen molar-refractivity contribution in [2.24, 2.45) is 0 Å². The van der Waals surface area contributed by atoms with E-state index >= 15 is 0 Å². The van der Waals surface area contributed by atoms with Crippen LogP contribution in [0.25, 0.3) is 0 Å². The fourth-order valence-electron chi connectivity index (χ4n) is 0.398. The average molecular weight is 226 g/mol. The van der Waals surface area contributed by atoms with E-state index in [0.717, 1.165) is 0 Å². The topological polar surface area (TPSA) is 26.3 Å². The Bertz CT molecular complexity index is 131. The van der Waals surface area contributed by atoms with Gasteiger partial charge in [-0.25, -0.2) is 0 Å². The third-order valence-electron chi connectivity index (χ3n) is 1.43. The Morgan fingerprint density at radius 1 is 1.36 bits per heavy atom. The molecule has 11 heavy (non-hydrogen) atoms. The van der Waals surface area contributed by atoms with E-state index in [1.54, 1.807) is 0 Å². The summed E-state index contributed by atoms with van der Waals surface area (Å²) in [5.41, 5.74) is 0. The lowest BCUT2D eigenvalue weighted by atomic mass is 10.5. The van der Waals surface area contributed by atoms with E-state index in [4.69, 9.17) is 4.74 Å². The molecule has 0 saturated heterocycles. The van der Waals surface area contributed by atoms with Crippen molar-refractivity contribution < 1.29 is 31.0 Å². The van der Waals surface area contributed by atoms with E-state index in [2.05, 4.69) is 0 Å². The van der Waals surface area contributed by atoms with E-state index in [-0.39, 0.29) is 29.2 Å². The van der Waals surface area contributed by atoms with E-state index in [0.29, 0.717) is 4.48 Å². The standard InChI is InChI=1S/C7H16NO2.BrH/c1-6(8(3,4)5)10-7(2)9;/h6H,1-5H3;1H/q+1;/p-1. The minimum atomic E-state index is -0.222. The largest absolute Gasteiger partial charge is 1.00 e. The van der Waals surface area contributed by atoms with Crippen molar-refractivity contribution in [3.8, 4) is 0 Å². The zero-order valence-electron chi connectivity index (χ0n) is 7.72. The van der Waals surface area contributed by atoms with Crippen molar-refractivity contribution in [1.82, 2.24) is 0 Å². The van der Waals surface area contributed by atoms with Crippen LogP contribution >= 0.6 is 0 Å². The zero-order chi connectivity index (χ0) is 8.36. The van der Waals surface area contributed by atoms with Gasteiger partial charge in [0.1, 0.15) is 0 Å². The number of quaternary nitrogens is 1. The minimum Gasteiger partial charge on any atom is -1.00 e. The summed E-state index contributed by atoms with van der Waals surface area (Å²) in [5.74, 6) is -0.222. The van der Waals surface area contributed by atoms with E-state index in [1.165, 1.54) is 6.92 Å². The van der Waals surface area contributed by atoms with Crippen molar-refractivity contribution in [2.45, 2.75) is 20.1 Å². The fourth-order valence-corrected chi connectivity index (χ4v) is 0.398.